The fourth-order valence-electron chi connectivity index (χ4n) is 2.66. The van der Waals surface area contributed by atoms with E-state index in [1.54, 1.807) is 0 Å². The second-order valence-electron chi connectivity index (χ2n) is 4.59. The minimum absolute atomic E-state index is 0.218. The fraction of sp³-hybridized carbons (Fsp3) is 0.538. The lowest BCUT2D eigenvalue weighted by Crippen LogP contribution is -2.44. The summed E-state index contributed by atoms with van der Waals surface area (Å²) in [5.74, 6) is -0.380. The van der Waals surface area contributed by atoms with Crippen LogP contribution in [0.5, 0.6) is 0 Å². The summed E-state index contributed by atoms with van der Waals surface area (Å²) in [5.41, 5.74) is 1.13. The minimum atomic E-state index is -0.380. The molecule has 2 fully saturated rings. The number of hydrogen-bond acceptors (Lipinski definition) is 3. The van der Waals surface area contributed by atoms with Crippen molar-refractivity contribution >= 4 is 11.6 Å². The number of hydrogen-bond donors (Lipinski definition) is 1. The quantitative estimate of drug-likeness (QED) is 0.834. The Labute approximate surface area is 106 Å². The molecule has 2 aliphatic rings. The summed E-state index contributed by atoms with van der Waals surface area (Å²) >= 11 is 6.23. The number of benzene rings is 1. The molecule has 4 heteroatoms. The van der Waals surface area contributed by atoms with Crippen molar-refractivity contribution in [2.75, 3.05) is 19.8 Å². The molecule has 0 amide bonds. The molecule has 0 bridgehead atoms. The van der Waals surface area contributed by atoms with E-state index in [0.717, 1.165) is 30.0 Å². The summed E-state index contributed by atoms with van der Waals surface area (Å²) in [6.07, 6.45) is 1.74. The molecule has 1 aromatic rings. The molecule has 0 radical (unpaired) electrons. The second kappa shape index (κ2) is 4.58. The maximum atomic E-state index is 6.23. The highest BCUT2D eigenvalue weighted by Gasteiger charge is 2.41. The van der Waals surface area contributed by atoms with E-state index in [9.17, 15) is 0 Å². The summed E-state index contributed by atoms with van der Waals surface area (Å²) in [6.45, 7) is 2.31. The van der Waals surface area contributed by atoms with Gasteiger partial charge in [0.05, 0.1) is 13.2 Å². The van der Waals surface area contributed by atoms with Crippen molar-refractivity contribution in [2.45, 2.75) is 24.7 Å². The van der Waals surface area contributed by atoms with E-state index in [1.807, 2.05) is 18.2 Å². The summed E-state index contributed by atoms with van der Waals surface area (Å²) < 4.78 is 11.5. The van der Waals surface area contributed by atoms with Crippen LogP contribution in [0.25, 0.3) is 0 Å². The van der Waals surface area contributed by atoms with Gasteiger partial charge >= 0.3 is 0 Å². The molecule has 2 aliphatic heterocycles. The number of ether oxygens (including phenoxy) is 2. The van der Waals surface area contributed by atoms with Gasteiger partial charge in [0, 0.05) is 30.5 Å². The van der Waals surface area contributed by atoms with Gasteiger partial charge in [-0.25, -0.2) is 0 Å². The zero-order valence-electron chi connectivity index (χ0n) is 9.62. The van der Waals surface area contributed by atoms with Gasteiger partial charge in [0.2, 0.25) is 0 Å². The molecular formula is C13H16ClNO2. The second-order valence-corrected chi connectivity index (χ2v) is 5.00. The average Bonchev–Trinajstić information content (AvgIpc) is 2.78. The smallest absolute Gasteiger partial charge is 0.171 e. The molecule has 1 atom stereocenters. The van der Waals surface area contributed by atoms with Gasteiger partial charge in [0.25, 0.3) is 0 Å². The van der Waals surface area contributed by atoms with Crippen molar-refractivity contribution in [2.24, 2.45) is 0 Å². The molecule has 17 heavy (non-hydrogen) atoms. The molecule has 1 aromatic carbocycles. The van der Waals surface area contributed by atoms with Gasteiger partial charge in [0.1, 0.15) is 0 Å². The molecule has 1 N–H and O–H groups in total. The monoisotopic (exact) mass is 253 g/mol. The molecule has 1 spiro atoms. The van der Waals surface area contributed by atoms with E-state index in [2.05, 4.69) is 11.4 Å². The maximum Gasteiger partial charge on any atom is 0.171 e. The van der Waals surface area contributed by atoms with Gasteiger partial charge in [-0.05, 0) is 11.6 Å². The Morgan fingerprint density at radius 1 is 1.24 bits per heavy atom. The largest absolute Gasteiger partial charge is 0.347 e. The third-order valence-electron chi connectivity index (χ3n) is 3.51. The van der Waals surface area contributed by atoms with Crippen LogP contribution in [0.4, 0.5) is 0 Å². The topological polar surface area (TPSA) is 30.5 Å². The Hall–Kier alpha value is -0.610. The Morgan fingerprint density at radius 3 is 2.76 bits per heavy atom. The molecule has 2 heterocycles. The number of rotatable bonds is 1. The zero-order chi connectivity index (χ0) is 11.7. The van der Waals surface area contributed by atoms with Crippen molar-refractivity contribution in [3.05, 3.63) is 34.9 Å². The normalized spacial score (nSPS) is 27.5. The maximum absolute atomic E-state index is 6.23. The van der Waals surface area contributed by atoms with Crippen LogP contribution in [0.15, 0.2) is 24.3 Å². The van der Waals surface area contributed by atoms with Crippen LogP contribution in [0.2, 0.25) is 5.02 Å². The average molecular weight is 254 g/mol. The summed E-state index contributed by atoms with van der Waals surface area (Å²) in [5, 5.41) is 4.29. The van der Waals surface area contributed by atoms with E-state index in [0.29, 0.717) is 13.2 Å². The first-order chi connectivity index (χ1) is 8.29. The van der Waals surface area contributed by atoms with Gasteiger partial charge in [-0.15, -0.1) is 0 Å². The number of nitrogens with one attached hydrogen (secondary N) is 1. The minimum Gasteiger partial charge on any atom is -0.347 e. The summed E-state index contributed by atoms with van der Waals surface area (Å²) in [7, 11) is 0. The van der Waals surface area contributed by atoms with Crippen molar-refractivity contribution < 1.29 is 9.47 Å². The van der Waals surface area contributed by atoms with E-state index < -0.39 is 0 Å². The Kier molecular flexibility index (Phi) is 3.09. The van der Waals surface area contributed by atoms with Crippen LogP contribution in [0.3, 0.4) is 0 Å². The van der Waals surface area contributed by atoms with E-state index in [4.69, 9.17) is 21.1 Å². The highest BCUT2D eigenvalue weighted by Crippen LogP contribution is 2.38. The van der Waals surface area contributed by atoms with Crippen LogP contribution in [0, 0.1) is 0 Å². The molecule has 92 valence electrons. The lowest BCUT2D eigenvalue weighted by molar-refractivity contribution is -0.180. The third kappa shape index (κ3) is 2.20. The van der Waals surface area contributed by atoms with E-state index >= 15 is 0 Å². The predicted octanol–water partition coefficient (Wildman–Crippen LogP) is 2.51. The Morgan fingerprint density at radius 2 is 2.00 bits per heavy atom. The van der Waals surface area contributed by atoms with Gasteiger partial charge in [0.15, 0.2) is 5.79 Å². The summed E-state index contributed by atoms with van der Waals surface area (Å²) in [6, 6.07) is 8.17. The van der Waals surface area contributed by atoms with Gasteiger partial charge in [-0.3, -0.25) is 0 Å². The van der Waals surface area contributed by atoms with Crippen LogP contribution >= 0.6 is 11.6 Å². The zero-order valence-corrected chi connectivity index (χ0v) is 10.4. The molecular weight excluding hydrogens is 238 g/mol. The highest BCUT2D eigenvalue weighted by molar-refractivity contribution is 6.31. The molecule has 2 saturated heterocycles. The van der Waals surface area contributed by atoms with Crippen LogP contribution in [-0.2, 0) is 9.47 Å². The first-order valence-electron chi connectivity index (χ1n) is 6.05. The van der Waals surface area contributed by atoms with Crippen LogP contribution in [-0.4, -0.2) is 25.5 Å². The molecule has 0 aliphatic carbocycles. The molecule has 0 aromatic heterocycles. The van der Waals surface area contributed by atoms with Crippen LogP contribution in [0.1, 0.15) is 24.4 Å². The van der Waals surface area contributed by atoms with Gasteiger partial charge in [-0.1, -0.05) is 29.8 Å². The number of halogens is 1. The van der Waals surface area contributed by atoms with Gasteiger partial charge in [-0.2, -0.15) is 0 Å². The lowest BCUT2D eigenvalue weighted by Gasteiger charge is -2.37. The SMILES string of the molecule is Clc1ccccc1C1CC2(CCN1)OCCO2. The van der Waals surface area contributed by atoms with Crippen molar-refractivity contribution in [1.29, 1.82) is 0 Å². The highest BCUT2D eigenvalue weighted by atomic mass is 35.5. The Bertz CT molecular complexity index is 404. The molecule has 1 unspecified atom stereocenters. The molecule has 3 rings (SSSR count). The fourth-order valence-corrected chi connectivity index (χ4v) is 2.93. The summed E-state index contributed by atoms with van der Waals surface area (Å²) in [4.78, 5) is 0. The Balaban J connectivity index is 1.82. The van der Waals surface area contributed by atoms with Crippen LogP contribution < -0.4 is 5.32 Å². The lowest BCUT2D eigenvalue weighted by atomic mass is 9.93. The third-order valence-corrected chi connectivity index (χ3v) is 3.85. The molecule has 0 saturated carbocycles. The van der Waals surface area contributed by atoms with Gasteiger partial charge < -0.3 is 14.8 Å². The number of piperidine rings is 1. The molecule has 3 nitrogen and oxygen atoms in total. The first kappa shape index (κ1) is 11.5. The van der Waals surface area contributed by atoms with Crippen molar-refractivity contribution in [3.8, 4) is 0 Å². The van der Waals surface area contributed by atoms with Crippen molar-refractivity contribution in [3.63, 3.8) is 0 Å². The predicted molar refractivity (Wildman–Crippen MR) is 66.1 cm³/mol. The first-order valence-corrected chi connectivity index (χ1v) is 6.43. The van der Waals surface area contributed by atoms with E-state index in [1.165, 1.54) is 0 Å². The standard InChI is InChI=1S/C13H16ClNO2/c14-11-4-2-1-3-10(11)12-9-13(5-6-15-12)16-7-8-17-13/h1-4,12,15H,5-9H2. The van der Waals surface area contributed by atoms with Crippen molar-refractivity contribution in [1.82, 2.24) is 5.32 Å². The van der Waals surface area contributed by atoms with E-state index in [-0.39, 0.29) is 11.8 Å².